The summed E-state index contributed by atoms with van der Waals surface area (Å²) in [5.74, 6) is 0.254. The van der Waals surface area contributed by atoms with Crippen molar-refractivity contribution < 1.29 is 4.79 Å². The lowest BCUT2D eigenvalue weighted by Gasteiger charge is -2.25. The molecule has 98 valence electrons. The van der Waals surface area contributed by atoms with E-state index in [2.05, 4.69) is 29.6 Å². The van der Waals surface area contributed by atoms with Crippen LogP contribution in [0.2, 0.25) is 0 Å². The Balaban J connectivity index is 1.74. The standard InChI is InChI=1S/C16H17NOS/c18-16(11-13-8-10-19-12-13)17-9-4-7-15(17)14-5-2-1-3-6-14/h1-3,5-6,8,10,12,15H,4,7,9,11H2. The highest BCUT2D eigenvalue weighted by atomic mass is 32.1. The van der Waals surface area contributed by atoms with E-state index >= 15 is 0 Å². The van der Waals surface area contributed by atoms with Crippen LogP contribution in [-0.2, 0) is 11.2 Å². The van der Waals surface area contributed by atoms with Gasteiger partial charge in [0.25, 0.3) is 0 Å². The minimum absolute atomic E-state index is 0.254. The van der Waals surface area contributed by atoms with E-state index in [-0.39, 0.29) is 11.9 Å². The Morgan fingerprint density at radius 2 is 2.11 bits per heavy atom. The molecule has 2 heterocycles. The van der Waals surface area contributed by atoms with Gasteiger partial charge in [-0.15, -0.1) is 0 Å². The first-order chi connectivity index (χ1) is 9.34. The van der Waals surface area contributed by atoms with E-state index < -0.39 is 0 Å². The van der Waals surface area contributed by atoms with Crippen LogP contribution >= 0.6 is 11.3 Å². The average Bonchev–Trinajstić information content (AvgIpc) is 3.10. The molecule has 1 aliphatic rings. The molecule has 3 heteroatoms. The van der Waals surface area contributed by atoms with Gasteiger partial charge in [-0.3, -0.25) is 4.79 Å². The molecule has 1 atom stereocenters. The molecule has 1 aromatic carbocycles. The van der Waals surface area contributed by atoms with Crippen LogP contribution in [-0.4, -0.2) is 17.4 Å². The van der Waals surface area contributed by atoms with Crippen molar-refractivity contribution in [3.8, 4) is 0 Å². The lowest BCUT2D eigenvalue weighted by atomic mass is 10.0. The first kappa shape index (κ1) is 12.4. The molecule has 2 nitrogen and oxygen atoms in total. The van der Waals surface area contributed by atoms with Crippen molar-refractivity contribution >= 4 is 17.2 Å². The average molecular weight is 271 g/mol. The quantitative estimate of drug-likeness (QED) is 0.834. The summed E-state index contributed by atoms with van der Waals surface area (Å²) in [6.07, 6.45) is 2.72. The molecule has 0 N–H and O–H groups in total. The van der Waals surface area contributed by atoms with Crippen LogP contribution < -0.4 is 0 Å². The van der Waals surface area contributed by atoms with E-state index in [9.17, 15) is 4.79 Å². The number of thiophene rings is 1. The summed E-state index contributed by atoms with van der Waals surface area (Å²) in [6, 6.07) is 12.7. The zero-order valence-electron chi connectivity index (χ0n) is 10.8. The summed E-state index contributed by atoms with van der Waals surface area (Å²) in [7, 11) is 0. The number of hydrogen-bond acceptors (Lipinski definition) is 2. The minimum Gasteiger partial charge on any atom is -0.335 e. The largest absolute Gasteiger partial charge is 0.335 e. The van der Waals surface area contributed by atoms with Gasteiger partial charge in [-0.2, -0.15) is 11.3 Å². The normalized spacial score (nSPS) is 18.7. The van der Waals surface area contributed by atoms with Gasteiger partial charge in [0, 0.05) is 6.54 Å². The van der Waals surface area contributed by atoms with Crippen LogP contribution in [0.3, 0.4) is 0 Å². The van der Waals surface area contributed by atoms with Crippen LogP contribution in [0, 0.1) is 0 Å². The predicted molar refractivity (Wildman–Crippen MR) is 78.2 cm³/mol. The van der Waals surface area contributed by atoms with E-state index in [0.29, 0.717) is 6.42 Å². The van der Waals surface area contributed by atoms with Crippen molar-refractivity contribution in [1.29, 1.82) is 0 Å². The second-order valence-electron chi connectivity index (χ2n) is 4.96. The molecule has 1 aliphatic heterocycles. The molecule has 2 aromatic rings. The number of nitrogens with zero attached hydrogens (tertiary/aromatic N) is 1. The third kappa shape index (κ3) is 2.71. The highest BCUT2D eigenvalue weighted by Crippen LogP contribution is 2.32. The summed E-state index contributed by atoms with van der Waals surface area (Å²) >= 11 is 1.65. The van der Waals surface area contributed by atoms with E-state index in [1.165, 1.54) is 5.56 Å². The molecule has 0 saturated carbocycles. The predicted octanol–water partition coefficient (Wildman–Crippen LogP) is 3.65. The molecular weight excluding hydrogens is 254 g/mol. The van der Waals surface area contributed by atoms with Crippen LogP contribution in [0.4, 0.5) is 0 Å². The fraction of sp³-hybridized carbons (Fsp3) is 0.312. The van der Waals surface area contributed by atoms with E-state index in [0.717, 1.165) is 24.9 Å². The molecule has 0 bridgehead atoms. The molecule has 1 aromatic heterocycles. The molecule has 19 heavy (non-hydrogen) atoms. The fourth-order valence-corrected chi connectivity index (χ4v) is 3.42. The van der Waals surface area contributed by atoms with Crippen molar-refractivity contribution in [2.24, 2.45) is 0 Å². The first-order valence-corrected chi connectivity index (χ1v) is 7.64. The summed E-state index contributed by atoms with van der Waals surface area (Å²) in [5.41, 5.74) is 2.40. The molecule has 0 aliphatic carbocycles. The maximum absolute atomic E-state index is 12.4. The number of likely N-dealkylation sites (tertiary alicyclic amines) is 1. The summed E-state index contributed by atoms with van der Waals surface area (Å²) in [4.78, 5) is 14.5. The number of carbonyl (C=O) groups excluding carboxylic acids is 1. The lowest BCUT2D eigenvalue weighted by molar-refractivity contribution is -0.131. The van der Waals surface area contributed by atoms with Gasteiger partial charge in [-0.25, -0.2) is 0 Å². The number of amides is 1. The maximum Gasteiger partial charge on any atom is 0.227 e. The van der Waals surface area contributed by atoms with Crippen molar-refractivity contribution in [3.05, 3.63) is 58.3 Å². The monoisotopic (exact) mass is 271 g/mol. The van der Waals surface area contributed by atoms with E-state index in [4.69, 9.17) is 0 Å². The SMILES string of the molecule is O=C(Cc1ccsc1)N1CCCC1c1ccccc1. The second-order valence-corrected chi connectivity index (χ2v) is 5.74. The zero-order valence-corrected chi connectivity index (χ0v) is 11.6. The highest BCUT2D eigenvalue weighted by molar-refractivity contribution is 7.07. The molecule has 1 amide bonds. The Morgan fingerprint density at radius 3 is 2.84 bits per heavy atom. The Labute approximate surface area is 117 Å². The molecule has 0 spiro atoms. The summed E-state index contributed by atoms with van der Waals surface area (Å²) in [6.45, 7) is 0.891. The summed E-state index contributed by atoms with van der Waals surface area (Å²) in [5, 5.41) is 4.09. The molecule has 1 saturated heterocycles. The Morgan fingerprint density at radius 1 is 1.26 bits per heavy atom. The zero-order chi connectivity index (χ0) is 13.1. The van der Waals surface area contributed by atoms with Crippen molar-refractivity contribution in [3.63, 3.8) is 0 Å². The fourth-order valence-electron chi connectivity index (χ4n) is 2.76. The number of hydrogen-bond donors (Lipinski definition) is 0. The Bertz CT molecular complexity index is 535. The second kappa shape index (κ2) is 5.57. The smallest absolute Gasteiger partial charge is 0.227 e. The molecule has 0 radical (unpaired) electrons. The lowest BCUT2D eigenvalue weighted by Crippen LogP contribution is -2.31. The van der Waals surface area contributed by atoms with Crippen LogP contribution in [0.15, 0.2) is 47.2 Å². The Kier molecular flexibility index (Phi) is 3.65. The van der Waals surface area contributed by atoms with Crippen molar-refractivity contribution in [2.75, 3.05) is 6.54 Å². The van der Waals surface area contributed by atoms with Gasteiger partial charge in [-0.1, -0.05) is 30.3 Å². The van der Waals surface area contributed by atoms with Crippen LogP contribution in [0.25, 0.3) is 0 Å². The highest BCUT2D eigenvalue weighted by Gasteiger charge is 2.29. The van der Waals surface area contributed by atoms with Gasteiger partial charge < -0.3 is 4.90 Å². The van der Waals surface area contributed by atoms with E-state index in [1.807, 2.05) is 22.4 Å². The molecular formula is C16H17NOS. The summed E-state index contributed by atoms with van der Waals surface area (Å²) < 4.78 is 0. The van der Waals surface area contributed by atoms with Crippen molar-refractivity contribution in [1.82, 2.24) is 4.90 Å². The number of carbonyl (C=O) groups is 1. The topological polar surface area (TPSA) is 20.3 Å². The van der Waals surface area contributed by atoms with Crippen LogP contribution in [0.5, 0.6) is 0 Å². The maximum atomic E-state index is 12.4. The van der Waals surface area contributed by atoms with Crippen LogP contribution in [0.1, 0.15) is 30.0 Å². The van der Waals surface area contributed by atoms with Gasteiger partial charge in [0.1, 0.15) is 0 Å². The van der Waals surface area contributed by atoms with E-state index in [1.54, 1.807) is 11.3 Å². The van der Waals surface area contributed by atoms with Gasteiger partial charge in [0.15, 0.2) is 0 Å². The molecule has 1 fully saturated rings. The first-order valence-electron chi connectivity index (χ1n) is 6.70. The third-order valence-corrected chi connectivity index (χ3v) is 4.42. The van der Waals surface area contributed by atoms with Gasteiger partial charge in [0.05, 0.1) is 12.5 Å². The number of rotatable bonds is 3. The molecule has 1 unspecified atom stereocenters. The number of benzene rings is 1. The van der Waals surface area contributed by atoms with Gasteiger partial charge >= 0.3 is 0 Å². The van der Waals surface area contributed by atoms with Gasteiger partial charge in [-0.05, 0) is 40.8 Å². The van der Waals surface area contributed by atoms with Gasteiger partial charge in [0.2, 0.25) is 5.91 Å². The Hall–Kier alpha value is -1.61. The molecule has 3 rings (SSSR count). The third-order valence-electron chi connectivity index (χ3n) is 3.69. The van der Waals surface area contributed by atoms with Crippen molar-refractivity contribution in [2.45, 2.75) is 25.3 Å². The minimum atomic E-state index is 0.254.